The van der Waals surface area contributed by atoms with Gasteiger partial charge >= 0.3 is 0 Å². The molecule has 2 heterocycles. The summed E-state index contributed by atoms with van der Waals surface area (Å²) < 4.78 is 5.86. The van der Waals surface area contributed by atoms with Crippen molar-refractivity contribution in [2.45, 2.75) is 46.3 Å². The third-order valence-electron chi connectivity index (χ3n) is 3.77. The summed E-state index contributed by atoms with van der Waals surface area (Å²) in [6, 6.07) is 3.78. The molecule has 0 saturated heterocycles. The van der Waals surface area contributed by atoms with Crippen molar-refractivity contribution in [3.63, 3.8) is 0 Å². The minimum atomic E-state index is -1.19. The van der Waals surface area contributed by atoms with Gasteiger partial charge in [-0.15, -0.1) is 11.3 Å². The summed E-state index contributed by atoms with van der Waals surface area (Å²) in [5.41, 5.74) is -0.806. The van der Waals surface area contributed by atoms with Gasteiger partial charge < -0.3 is 4.74 Å². The molecule has 0 aliphatic carbocycles. The molecule has 0 bridgehead atoms. The number of rotatable bonds is 5. The molecule has 0 radical (unpaired) electrons. The predicted octanol–water partition coefficient (Wildman–Crippen LogP) is 3.06. The van der Waals surface area contributed by atoms with E-state index in [1.54, 1.807) is 13.8 Å². The highest BCUT2D eigenvalue weighted by molar-refractivity contribution is 7.10. The molecule has 0 aromatic carbocycles. The lowest BCUT2D eigenvalue weighted by atomic mass is 9.87. The Morgan fingerprint density at radius 2 is 1.83 bits per heavy atom. The van der Waals surface area contributed by atoms with Gasteiger partial charge in [0.25, 0.3) is 0 Å². The number of Topliss-reactive ketones (excluding diaryl/α,β-unsaturated/α-hetero) is 3. The van der Waals surface area contributed by atoms with Gasteiger partial charge in [0.15, 0.2) is 17.3 Å². The average molecular weight is 333 g/mol. The Morgan fingerprint density at radius 3 is 2.26 bits per heavy atom. The van der Waals surface area contributed by atoms with Crippen LogP contribution < -0.4 is 0 Å². The fraction of sp³-hybridized carbons (Fsp3) is 0.412. The normalized spacial score (nSPS) is 23.4. The van der Waals surface area contributed by atoms with Crippen molar-refractivity contribution in [2.24, 2.45) is 4.99 Å². The SMILES string of the molecule is CC(=O)C(=NC1(C)OC(C)=C(C(C)=O)C1c1cccs1)C(C)=O. The van der Waals surface area contributed by atoms with Crippen molar-refractivity contribution >= 4 is 34.4 Å². The van der Waals surface area contributed by atoms with Gasteiger partial charge in [-0.3, -0.25) is 14.4 Å². The number of aliphatic imine (C=N–C) groups is 1. The Balaban J connectivity index is 2.62. The maximum atomic E-state index is 12.1. The monoisotopic (exact) mass is 333 g/mol. The third-order valence-corrected chi connectivity index (χ3v) is 4.71. The molecule has 1 aromatic rings. The lowest BCUT2D eigenvalue weighted by Gasteiger charge is -2.28. The van der Waals surface area contributed by atoms with Gasteiger partial charge in [0.1, 0.15) is 11.5 Å². The smallest absolute Gasteiger partial charge is 0.209 e. The summed E-state index contributed by atoms with van der Waals surface area (Å²) in [6.45, 7) is 7.48. The lowest BCUT2D eigenvalue weighted by Crippen LogP contribution is -2.34. The van der Waals surface area contributed by atoms with E-state index in [2.05, 4.69) is 4.99 Å². The highest BCUT2D eigenvalue weighted by atomic mass is 32.1. The number of nitrogens with zero attached hydrogens (tertiary/aromatic N) is 1. The highest BCUT2D eigenvalue weighted by Gasteiger charge is 2.49. The van der Waals surface area contributed by atoms with Crippen LogP contribution in [0.5, 0.6) is 0 Å². The largest absolute Gasteiger partial charge is 0.470 e. The summed E-state index contributed by atoms with van der Waals surface area (Å²) in [5.74, 6) is -0.892. The summed E-state index contributed by atoms with van der Waals surface area (Å²) >= 11 is 1.48. The van der Waals surface area contributed by atoms with Crippen LogP contribution in [0.3, 0.4) is 0 Å². The number of thiophene rings is 1. The van der Waals surface area contributed by atoms with E-state index >= 15 is 0 Å². The van der Waals surface area contributed by atoms with E-state index in [9.17, 15) is 14.4 Å². The van der Waals surface area contributed by atoms with Gasteiger partial charge in [-0.05, 0) is 32.2 Å². The van der Waals surface area contributed by atoms with Crippen LogP contribution in [0.15, 0.2) is 33.8 Å². The molecule has 122 valence electrons. The zero-order chi connectivity index (χ0) is 17.4. The molecule has 6 heteroatoms. The molecule has 2 rings (SSSR count). The molecule has 1 aliphatic heterocycles. The van der Waals surface area contributed by atoms with E-state index in [0.29, 0.717) is 11.3 Å². The van der Waals surface area contributed by atoms with Crippen LogP contribution in [-0.2, 0) is 19.1 Å². The van der Waals surface area contributed by atoms with Gasteiger partial charge in [-0.25, -0.2) is 4.99 Å². The van der Waals surface area contributed by atoms with E-state index in [1.165, 1.54) is 32.1 Å². The van der Waals surface area contributed by atoms with Gasteiger partial charge in [-0.2, -0.15) is 0 Å². The van der Waals surface area contributed by atoms with Crippen LogP contribution in [0.25, 0.3) is 0 Å². The molecule has 2 unspecified atom stereocenters. The Bertz CT molecular complexity index is 714. The fourth-order valence-corrected chi connectivity index (χ4v) is 3.87. The fourth-order valence-electron chi connectivity index (χ4n) is 2.92. The molecule has 0 fully saturated rings. The van der Waals surface area contributed by atoms with E-state index in [4.69, 9.17) is 4.74 Å². The zero-order valence-corrected chi connectivity index (χ0v) is 14.6. The summed E-state index contributed by atoms with van der Waals surface area (Å²) in [4.78, 5) is 40.8. The van der Waals surface area contributed by atoms with Crippen LogP contribution in [0.4, 0.5) is 0 Å². The maximum Gasteiger partial charge on any atom is 0.209 e. The Kier molecular flexibility index (Phi) is 4.66. The first-order chi connectivity index (χ1) is 10.7. The molecule has 23 heavy (non-hydrogen) atoms. The molecule has 0 N–H and O–H groups in total. The van der Waals surface area contributed by atoms with Crippen molar-refractivity contribution in [1.29, 1.82) is 0 Å². The Morgan fingerprint density at radius 1 is 1.22 bits per heavy atom. The minimum absolute atomic E-state index is 0.105. The molecular weight excluding hydrogens is 314 g/mol. The van der Waals surface area contributed by atoms with E-state index in [1.807, 2.05) is 17.5 Å². The van der Waals surface area contributed by atoms with Gasteiger partial charge in [-0.1, -0.05) is 6.07 Å². The number of hydrogen-bond acceptors (Lipinski definition) is 6. The van der Waals surface area contributed by atoms with Gasteiger partial charge in [0.2, 0.25) is 5.72 Å². The zero-order valence-electron chi connectivity index (χ0n) is 13.8. The predicted molar refractivity (Wildman–Crippen MR) is 88.7 cm³/mol. The summed E-state index contributed by atoms with van der Waals surface area (Å²) in [5, 5.41) is 1.90. The molecule has 0 saturated carbocycles. The van der Waals surface area contributed by atoms with Crippen LogP contribution in [0, 0.1) is 0 Å². The summed E-state index contributed by atoms with van der Waals surface area (Å²) in [7, 11) is 0. The van der Waals surface area contributed by atoms with Crippen molar-refractivity contribution in [3.05, 3.63) is 33.7 Å². The van der Waals surface area contributed by atoms with Crippen LogP contribution >= 0.6 is 11.3 Å². The van der Waals surface area contributed by atoms with Gasteiger partial charge in [0.05, 0.1) is 5.92 Å². The van der Waals surface area contributed by atoms with Crippen molar-refractivity contribution in [1.82, 2.24) is 0 Å². The van der Waals surface area contributed by atoms with Gasteiger partial charge in [0, 0.05) is 24.3 Å². The first-order valence-electron chi connectivity index (χ1n) is 7.23. The molecule has 5 nitrogen and oxygen atoms in total. The minimum Gasteiger partial charge on any atom is -0.470 e. The maximum absolute atomic E-state index is 12.1. The number of allylic oxidation sites excluding steroid dienone is 1. The Labute approximate surface area is 139 Å². The lowest BCUT2D eigenvalue weighted by molar-refractivity contribution is -0.115. The van der Waals surface area contributed by atoms with Crippen LogP contribution in [0.2, 0.25) is 0 Å². The first-order valence-corrected chi connectivity index (χ1v) is 8.11. The molecule has 0 spiro atoms. The third kappa shape index (κ3) is 3.17. The van der Waals surface area contributed by atoms with Crippen molar-refractivity contribution in [3.8, 4) is 0 Å². The van der Waals surface area contributed by atoms with Crippen molar-refractivity contribution in [2.75, 3.05) is 0 Å². The molecule has 2 atom stereocenters. The van der Waals surface area contributed by atoms with Crippen LogP contribution in [0.1, 0.15) is 45.4 Å². The van der Waals surface area contributed by atoms with E-state index in [-0.39, 0.29) is 11.5 Å². The van der Waals surface area contributed by atoms with E-state index < -0.39 is 23.2 Å². The number of hydrogen-bond donors (Lipinski definition) is 0. The average Bonchev–Trinajstić information content (AvgIpc) is 3.01. The topological polar surface area (TPSA) is 72.8 Å². The Hall–Kier alpha value is -2.08. The second-order valence-electron chi connectivity index (χ2n) is 5.70. The number of ketones is 3. The molecular formula is C17H19NO4S. The number of carbonyl (C=O) groups excluding carboxylic acids is 3. The highest BCUT2D eigenvalue weighted by Crippen LogP contribution is 2.48. The molecule has 1 aromatic heterocycles. The second-order valence-corrected chi connectivity index (χ2v) is 6.68. The number of carbonyl (C=O) groups is 3. The first kappa shape index (κ1) is 17.3. The molecule has 1 aliphatic rings. The second kappa shape index (κ2) is 6.20. The van der Waals surface area contributed by atoms with Crippen molar-refractivity contribution < 1.29 is 19.1 Å². The standard InChI is InChI=1S/C17H19NO4S/c1-9(19)14-12(4)22-17(5,15(14)13-7-6-8-23-13)18-16(10(2)20)11(3)21/h6-8,15H,1-5H3. The quantitative estimate of drug-likeness (QED) is 0.613. The summed E-state index contributed by atoms with van der Waals surface area (Å²) in [6.07, 6.45) is 0. The number of ether oxygens (including phenoxy) is 1. The van der Waals surface area contributed by atoms with Crippen LogP contribution in [-0.4, -0.2) is 28.8 Å². The molecule has 0 amide bonds. The van der Waals surface area contributed by atoms with E-state index in [0.717, 1.165) is 4.88 Å².